The first-order valence-corrected chi connectivity index (χ1v) is 6.27. The number of nitrogens with zero attached hydrogens (tertiary/aromatic N) is 2. The van der Waals surface area contributed by atoms with Crippen LogP contribution in [0.2, 0.25) is 0 Å². The van der Waals surface area contributed by atoms with E-state index in [0.29, 0.717) is 11.4 Å². The summed E-state index contributed by atoms with van der Waals surface area (Å²) in [7, 11) is -0.515. The number of hydrogen-bond acceptors (Lipinski definition) is 4. The van der Waals surface area contributed by atoms with E-state index in [4.69, 9.17) is 10.00 Å². The van der Waals surface area contributed by atoms with Crippen LogP contribution in [0, 0.1) is 11.3 Å². The lowest BCUT2D eigenvalue weighted by Crippen LogP contribution is -2.25. The molecule has 0 saturated heterocycles. The number of anilines is 1. The van der Waals surface area contributed by atoms with Crippen molar-refractivity contribution in [3.8, 4) is 11.8 Å². The number of rotatable bonds is 3. The van der Waals surface area contributed by atoms with Crippen molar-refractivity contribution in [3.05, 3.63) is 23.8 Å². The maximum Gasteiger partial charge on any atom is 0.232 e. The monoisotopic (exact) mass is 240 g/mol. The summed E-state index contributed by atoms with van der Waals surface area (Å²) in [6, 6.07) is 6.58. The number of sulfonamides is 1. The number of nitriles is 1. The van der Waals surface area contributed by atoms with Crippen LogP contribution in [0.5, 0.6) is 5.75 Å². The summed E-state index contributed by atoms with van der Waals surface area (Å²) in [6.07, 6.45) is 1.08. The molecule has 0 aliphatic heterocycles. The van der Waals surface area contributed by atoms with E-state index in [1.807, 2.05) is 6.07 Å². The number of ether oxygens (including phenoxy) is 1. The fourth-order valence-electron chi connectivity index (χ4n) is 1.17. The van der Waals surface area contributed by atoms with E-state index < -0.39 is 10.0 Å². The van der Waals surface area contributed by atoms with E-state index in [0.717, 1.165) is 10.6 Å². The fourth-order valence-corrected chi connectivity index (χ4v) is 1.68. The van der Waals surface area contributed by atoms with E-state index in [2.05, 4.69) is 0 Å². The molecular weight excluding hydrogens is 228 g/mol. The molecule has 0 heterocycles. The van der Waals surface area contributed by atoms with Crippen LogP contribution in [-0.4, -0.2) is 28.8 Å². The summed E-state index contributed by atoms with van der Waals surface area (Å²) in [6.45, 7) is 0. The Kier molecular flexibility index (Phi) is 3.40. The van der Waals surface area contributed by atoms with Gasteiger partial charge in [-0.25, -0.2) is 8.42 Å². The van der Waals surface area contributed by atoms with E-state index in [9.17, 15) is 8.42 Å². The average Bonchev–Trinajstić information content (AvgIpc) is 2.25. The molecule has 0 bridgehead atoms. The number of hydrogen-bond donors (Lipinski definition) is 0. The van der Waals surface area contributed by atoms with Crippen LogP contribution in [0.25, 0.3) is 0 Å². The lowest BCUT2D eigenvalue weighted by Gasteiger charge is -2.18. The Bertz CT molecular complexity index is 531. The van der Waals surface area contributed by atoms with Gasteiger partial charge in [-0.1, -0.05) is 0 Å². The normalized spacial score (nSPS) is 10.6. The summed E-state index contributed by atoms with van der Waals surface area (Å²) in [4.78, 5) is 0. The van der Waals surface area contributed by atoms with Gasteiger partial charge in [0.15, 0.2) is 0 Å². The first-order valence-electron chi connectivity index (χ1n) is 4.42. The number of methoxy groups -OCH3 is 1. The van der Waals surface area contributed by atoms with Crippen LogP contribution in [0.4, 0.5) is 5.69 Å². The van der Waals surface area contributed by atoms with Crippen molar-refractivity contribution in [2.24, 2.45) is 0 Å². The van der Waals surface area contributed by atoms with Crippen LogP contribution < -0.4 is 9.04 Å². The van der Waals surface area contributed by atoms with Gasteiger partial charge < -0.3 is 4.74 Å². The average molecular weight is 240 g/mol. The molecule has 0 fully saturated rings. The second-order valence-electron chi connectivity index (χ2n) is 3.23. The highest BCUT2D eigenvalue weighted by atomic mass is 32.2. The van der Waals surface area contributed by atoms with Gasteiger partial charge in [0.1, 0.15) is 11.8 Å². The van der Waals surface area contributed by atoms with Crippen molar-refractivity contribution in [3.63, 3.8) is 0 Å². The lowest BCUT2D eigenvalue weighted by atomic mass is 10.2. The quantitative estimate of drug-likeness (QED) is 0.789. The van der Waals surface area contributed by atoms with Crippen molar-refractivity contribution in [1.82, 2.24) is 0 Å². The topological polar surface area (TPSA) is 70.4 Å². The SMILES string of the molecule is COc1ccc(C#N)c(N(C)S(C)(=O)=O)c1. The molecule has 0 aliphatic rings. The molecule has 5 nitrogen and oxygen atoms in total. The van der Waals surface area contributed by atoms with Crippen molar-refractivity contribution in [2.75, 3.05) is 24.7 Å². The Hall–Kier alpha value is -1.74. The minimum atomic E-state index is -3.39. The molecule has 6 heteroatoms. The Balaban J connectivity index is 3.36. The Morgan fingerprint density at radius 2 is 2.06 bits per heavy atom. The molecule has 16 heavy (non-hydrogen) atoms. The lowest BCUT2D eigenvalue weighted by molar-refractivity contribution is 0.415. The van der Waals surface area contributed by atoms with E-state index >= 15 is 0 Å². The summed E-state index contributed by atoms with van der Waals surface area (Å²) < 4.78 is 28.8. The largest absolute Gasteiger partial charge is 0.497 e. The molecule has 1 rings (SSSR count). The molecule has 1 aromatic carbocycles. The fraction of sp³-hybridized carbons (Fsp3) is 0.300. The summed E-state index contributed by atoms with van der Waals surface area (Å²) >= 11 is 0. The van der Waals surface area contributed by atoms with Gasteiger partial charge >= 0.3 is 0 Å². The molecule has 1 aromatic rings. The molecule has 0 atom stereocenters. The third-order valence-electron chi connectivity index (χ3n) is 2.16. The van der Waals surface area contributed by atoms with Crippen LogP contribution in [0.3, 0.4) is 0 Å². The maximum atomic E-state index is 11.4. The van der Waals surface area contributed by atoms with Gasteiger partial charge in [-0.2, -0.15) is 5.26 Å². The van der Waals surface area contributed by atoms with Crippen LogP contribution in [0.1, 0.15) is 5.56 Å². The van der Waals surface area contributed by atoms with Gasteiger partial charge in [-0.15, -0.1) is 0 Å². The Morgan fingerprint density at radius 1 is 1.44 bits per heavy atom. The molecule has 0 spiro atoms. The molecular formula is C10H12N2O3S. The Morgan fingerprint density at radius 3 is 2.50 bits per heavy atom. The third kappa shape index (κ3) is 2.44. The highest BCUT2D eigenvalue weighted by molar-refractivity contribution is 7.92. The molecule has 0 amide bonds. The van der Waals surface area contributed by atoms with Gasteiger partial charge in [0.05, 0.1) is 24.6 Å². The molecule has 0 radical (unpaired) electrons. The summed E-state index contributed by atoms with van der Waals surface area (Å²) in [5.41, 5.74) is 0.595. The van der Waals surface area contributed by atoms with Gasteiger partial charge in [0, 0.05) is 13.1 Å². The second-order valence-corrected chi connectivity index (χ2v) is 5.24. The smallest absolute Gasteiger partial charge is 0.232 e. The highest BCUT2D eigenvalue weighted by Gasteiger charge is 2.16. The van der Waals surface area contributed by atoms with E-state index in [1.165, 1.54) is 26.3 Å². The minimum Gasteiger partial charge on any atom is -0.497 e. The van der Waals surface area contributed by atoms with Gasteiger partial charge in [0.2, 0.25) is 10.0 Å². The van der Waals surface area contributed by atoms with Crippen LogP contribution >= 0.6 is 0 Å². The molecule has 0 N–H and O–H groups in total. The molecule has 86 valence electrons. The molecule has 0 aliphatic carbocycles. The van der Waals surface area contributed by atoms with Gasteiger partial charge in [-0.3, -0.25) is 4.31 Å². The molecule has 0 unspecified atom stereocenters. The zero-order valence-electron chi connectivity index (χ0n) is 9.26. The minimum absolute atomic E-state index is 0.286. The Labute approximate surface area is 94.9 Å². The first-order chi connectivity index (χ1) is 7.40. The predicted octanol–water partition coefficient (Wildman–Crippen LogP) is 0.963. The summed E-state index contributed by atoms with van der Waals surface area (Å²) in [5.74, 6) is 0.504. The van der Waals surface area contributed by atoms with Gasteiger partial charge in [-0.05, 0) is 12.1 Å². The predicted molar refractivity (Wildman–Crippen MR) is 61.0 cm³/mol. The van der Waals surface area contributed by atoms with Gasteiger partial charge in [0.25, 0.3) is 0 Å². The van der Waals surface area contributed by atoms with E-state index in [1.54, 1.807) is 6.07 Å². The van der Waals surface area contributed by atoms with E-state index in [-0.39, 0.29) is 5.56 Å². The number of benzene rings is 1. The first kappa shape index (κ1) is 12.3. The second kappa shape index (κ2) is 4.41. The van der Waals surface area contributed by atoms with Crippen molar-refractivity contribution in [2.45, 2.75) is 0 Å². The van der Waals surface area contributed by atoms with Crippen LogP contribution in [-0.2, 0) is 10.0 Å². The molecule has 0 saturated carbocycles. The third-order valence-corrected chi connectivity index (χ3v) is 3.35. The van der Waals surface area contributed by atoms with Crippen molar-refractivity contribution in [1.29, 1.82) is 5.26 Å². The molecule has 0 aromatic heterocycles. The standard InChI is InChI=1S/C10H12N2O3S/c1-12(16(3,13)14)10-6-9(15-2)5-4-8(10)7-11/h4-6H,1-3H3. The van der Waals surface area contributed by atoms with Crippen molar-refractivity contribution < 1.29 is 13.2 Å². The zero-order valence-corrected chi connectivity index (χ0v) is 10.1. The van der Waals surface area contributed by atoms with Crippen molar-refractivity contribution >= 4 is 15.7 Å². The highest BCUT2D eigenvalue weighted by Crippen LogP contribution is 2.26. The zero-order chi connectivity index (χ0) is 12.3. The summed E-state index contributed by atoms with van der Waals surface area (Å²) in [5, 5.41) is 8.88. The maximum absolute atomic E-state index is 11.4. The van der Waals surface area contributed by atoms with Crippen LogP contribution in [0.15, 0.2) is 18.2 Å².